The van der Waals surface area contributed by atoms with E-state index in [1.165, 1.54) is 7.11 Å². The Morgan fingerprint density at radius 1 is 0.880 bits per heavy atom. The van der Waals surface area contributed by atoms with Gasteiger partial charge in [-0.1, -0.05) is 0 Å². The van der Waals surface area contributed by atoms with E-state index in [-0.39, 0.29) is 0 Å². The monoisotopic (exact) mass is 338 g/mol. The van der Waals surface area contributed by atoms with Crippen LogP contribution in [-0.4, -0.2) is 20.2 Å². The molecule has 3 aromatic rings. The lowest BCUT2D eigenvalue weighted by atomic mass is 9.96. The first kappa shape index (κ1) is 17.1. The molecule has 0 aliphatic carbocycles. The van der Waals surface area contributed by atoms with E-state index in [9.17, 15) is 4.79 Å². The summed E-state index contributed by atoms with van der Waals surface area (Å²) < 4.78 is 16.5. The summed E-state index contributed by atoms with van der Waals surface area (Å²) >= 11 is 0. The first-order valence-corrected chi connectivity index (χ1v) is 8.15. The molecule has 0 radical (unpaired) electrons. The van der Waals surface area contributed by atoms with Crippen LogP contribution in [0.5, 0.6) is 5.75 Å². The normalized spacial score (nSPS) is 11.0. The molecule has 130 valence electrons. The molecule has 0 bridgehead atoms. The van der Waals surface area contributed by atoms with Gasteiger partial charge in [-0.25, -0.2) is 4.79 Å². The Morgan fingerprint density at radius 3 is 2.04 bits per heavy atom. The van der Waals surface area contributed by atoms with Crippen LogP contribution >= 0.6 is 0 Å². The van der Waals surface area contributed by atoms with Crippen LogP contribution in [0.3, 0.4) is 0 Å². The quantitative estimate of drug-likeness (QED) is 0.621. The van der Waals surface area contributed by atoms with E-state index in [1.54, 1.807) is 7.11 Å². The number of benzene rings is 2. The number of aryl methyl sites for hydroxylation is 4. The lowest BCUT2D eigenvalue weighted by Crippen LogP contribution is -2.03. The molecule has 4 nitrogen and oxygen atoms in total. The van der Waals surface area contributed by atoms with Gasteiger partial charge in [-0.05, 0) is 74.2 Å². The minimum absolute atomic E-state index is 0.397. The van der Waals surface area contributed by atoms with Crippen molar-refractivity contribution in [1.29, 1.82) is 0 Å². The Bertz CT molecular complexity index is 956. The van der Waals surface area contributed by atoms with Gasteiger partial charge in [0.25, 0.3) is 0 Å². The molecule has 0 N–H and O–H groups in total. The third-order valence-corrected chi connectivity index (χ3v) is 4.66. The first-order chi connectivity index (χ1) is 11.9. The third-order valence-electron chi connectivity index (χ3n) is 4.66. The Morgan fingerprint density at radius 2 is 1.48 bits per heavy atom. The van der Waals surface area contributed by atoms with Crippen molar-refractivity contribution in [1.82, 2.24) is 0 Å². The molecule has 2 aromatic carbocycles. The van der Waals surface area contributed by atoms with Crippen LogP contribution in [0.1, 0.15) is 32.6 Å². The van der Waals surface area contributed by atoms with Gasteiger partial charge in [-0.15, -0.1) is 0 Å². The number of furan rings is 1. The maximum Gasteiger partial charge on any atom is 0.342 e. The van der Waals surface area contributed by atoms with E-state index in [4.69, 9.17) is 13.9 Å². The van der Waals surface area contributed by atoms with Gasteiger partial charge in [-0.2, -0.15) is 0 Å². The lowest BCUT2D eigenvalue weighted by Gasteiger charge is -2.11. The number of fused-ring (bicyclic) bond motifs is 1. The van der Waals surface area contributed by atoms with E-state index in [0.29, 0.717) is 16.9 Å². The van der Waals surface area contributed by atoms with Gasteiger partial charge >= 0.3 is 5.97 Å². The Balaban J connectivity index is 2.39. The fourth-order valence-corrected chi connectivity index (χ4v) is 3.23. The van der Waals surface area contributed by atoms with Crippen molar-refractivity contribution in [3.8, 4) is 17.1 Å². The van der Waals surface area contributed by atoms with Crippen LogP contribution in [0.15, 0.2) is 28.7 Å². The molecule has 0 atom stereocenters. The minimum atomic E-state index is -0.397. The van der Waals surface area contributed by atoms with Gasteiger partial charge in [0.2, 0.25) is 0 Å². The zero-order valence-electron chi connectivity index (χ0n) is 15.4. The van der Waals surface area contributed by atoms with Crippen LogP contribution < -0.4 is 4.74 Å². The van der Waals surface area contributed by atoms with E-state index >= 15 is 0 Å². The predicted octanol–water partition coefficient (Wildman–Crippen LogP) is 5.13. The Kier molecular flexibility index (Phi) is 4.29. The molecule has 0 unspecified atom stereocenters. The SMILES string of the molecule is COC(=O)c1c(-c2c(C)cc(OC)cc2C)oc2cc(C)c(C)cc12. The predicted molar refractivity (Wildman–Crippen MR) is 98.5 cm³/mol. The average molecular weight is 338 g/mol. The molecule has 0 aliphatic heterocycles. The van der Waals surface area contributed by atoms with E-state index in [2.05, 4.69) is 0 Å². The second kappa shape index (κ2) is 6.28. The van der Waals surface area contributed by atoms with Crippen LogP contribution in [-0.2, 0) is 4.74 Å². The molecule has 0 aliphatic rings. The van der Waals surface area contributed by atoms with Gasteiger partial charge < -0.3 is 13.9 Å². The number of hydrogen-bond donors (Lipinski definition) is 0. The molecule has 1 heterocycles. The summed E-state index contributed by atoms with van der Waals surface area (Å²) in [7, 11) is 3.03. The topological polar surface area (TPSA) is 48.7 Å². The highest BCUT2D eigenvalue weighted by Crippen LogP contribution is 2.39. The molecule has 3 rings (SSSR count). The number of esters is 1. The van der Waals surface area contributed by atoms with Crippen LogP contribution in [0.2, 0.25) is 0 Å². The van der Waals surface area contributed by atoms with Crippen molar-refractivity contribution in [3.63, 3.8) is 0 Å². The van der Waals surface area contributed by atoms with Gasteiger partial charge in [0, 0.05) is 10.9 Å². The summed E-state index contributed by atoms with van der Waals surface area (Å²) in [5.41, 5.74) is 6.24. The van der Waals surface area contributed by atoms with Gasteiger partial charge in [0.05, 0.1) is 14.2 Å². The molecule has 1 aromatic heterocycles. The summed E-state index contributed by atoms with van der Waals surface area (Å²) in [4.78, 5) is 12.5. The highest BCUT2D eigenvalue weighted by molar-refractivity contribution is 6.09. The summed E-state index contributed by atoms with van der Waals surface area (Å²) in [5.74, 6) is 0.928. The molecule has 25 heavy (non-hydrogen) atoms. The molecule has 0 saturated carbocycles. The van der Waals surface area contributed by atoms with E-state index in [0.717, 1.165) is 39.0 Å². The third kappa shape index (κ3) is 2.78. The second-order valence-corrected chi connectivity index (χ2v) is 6.37. The molecular formula is C21H22O4. The number of carbonyl (C=O) groups is 1. The fraction of sp³-hybridized carbons (Fsp3) is 0.286. The van der Waals surface area contributed by atoms with Crippen molar-refractivity contribution < 1.29 is 18.7 Å². The van der Waals surface area contributed by atoms with Crippen LogP contribution in [0.4, 0.5) is 0 Å². The van der Waals surface area contributed by atoms with Crippen LogP contribution in [0, 0.1) is 27.7 Å². The number of methoxy groups -OCH3 is 2. The summed E-state index contributed by atoms with van der Waals surface area (Å²) in [6.07, 6.45) is 0. The smallest absolute Gasteiger partial charge is 0.342 e. The maximum atomic E-state index is 12.5. The lowest BCUT2D eigenvalue weighted by molar-refractivity contribution is 0.0603. The molecule has 0 fully saturated rings. The summed E-state index contributed by atoms with van der Waals surface area (Å²) in [6.45, 7) is 8.01. The van der Waals surface area contributed by atoms with Gasteiger partial charge in [0.15, 0.2) is 5.76 Å². The Labute approximate surface area is 147 Å². The minimum Gasteiger partial charge on any atom is -0.497 e. The second-order valence-electron chi connectivity index (χ2n) is 6.37. The zero-order chi connectivity index (χ0) is 18.3. The van der Waals surface area contributed by atoms with Crippen molar-refractivity contribution in [3.05, 3.63) is 52.1 Å². The standard InChI is InChI=1S/C21H22O4/c1-11-9-16-17(10-12(11)2)25-20(19(16)21(22)24-6)18-13(3)7-15(23-5)8-14(18)4/h7-10H,1-6H3. The van der Waals surface area contributed by atoms with Gasteiger partial charge in [-0.3, -0.25) is 0 Å². The zero-order valence-corrected chi connectivity index (χ0v) is 15.4. The number of carbonyl (C=O) groups excluding carboxylic acids is 1. The maximum absolute atomic E-state index is 12.5. The highest BCUT2D eigenvalue weighted by Gasteiger charge is 2.25. The fourth-order valence-electron chi connectivity index (χ4n) is 3.23. The Hall–Kier alpha value is -2.75. The number of rotatable bonds is 3. The molecule has 0 spiro atoms. The summed E-state index contributed by atoms with van der Waals surface area (Å²) in [5, 5.41) is 0.777. The van der Waals surface area contributed by atoms with Crippen LogP contribution in [0.25, 0.3) is 22.3 Å². The van der Waals surface area contributed by atoms with E-state index < -0.39 is 5.97 Å². The first-order valence-electron chi connectivity index (χ1n) is 8.15. The van der Waals surface area contributed by atoms with Crippen molar-refractivity contribution >= 4 is 16.9 Å². The van der Waals surface area contributed by atoms with Gasteiger partial charge in [0.1, 0.15) is 16.9 Å². The molecule has 0 amide bonds. The number of ether oxygens (including phenoxy) is 2. The van der Waals surface area contributed by atoms with Crippen molar-refractivity contribution in [2.24, 2.45) is 0 Å². The summed E-state index contributed by atoms with van der Waals surface area (Å²) in [6, 6.07) is 7.83. The average Bonchev–Trinajstić information content (AvgIpc) is 2.91. The largest absolute Gasteiger partial charge is 0.497 e. The molecular weight excluding hydrogens is 316 g/mol. The van der Waals surface area contributed by atoms with E-state index in [1.807, 2.05) is 52.0 Å². The molecule has 0 saturated heterocycles. The highest BCUT2D eigenvalue weighted by atomic mass is 16.5. The van der Waals surface area contributed by atoms with Crippen molar-refractivity contribution in [2.45, 2.75) is 27.7 Å². The van der Waals surface area contributed by atoms with Crippen molar-refractivity contribution in [2.75, 3.05) is 14.2 Å². The molecule has 4 heteroatoms. The number of hydrogen-bond acceptors (Lipinski definition) is 4.